The molecule has 2 fully saturated rings. The van der Waals surface area contributed by atoms with E-state index in [4.69, 9.17) is 18.0 Å². The second-order valence-electron chi connectivity index (χ2n) is 4.35. The molecule has 14 heavy (non-hydrogen) atoms. The van der Waals surface area contributed by atoms with Crippen molar-refractivity contribution in [3.63, 3.8) is 0 Å². The van der Waals surface area contributed by atoms with Crippen LogP contribution in [0.3, 0.4) is 0 Å². The topological polar surface area (TPSA) is 32.5 Å². The van der Waals surface area contributed by atoms with Crippen molar-refractivity contribution in [2.24, 2.45) is 5.73 Å². The van der Waals surface area contributed by atoms with E-state index in [0.29, 0.717) is 4.99 Å². The van der Waals surface area contributed by atoms with E-state index in [2.05, 4.69) is 9.80 Å². The minimum absolute atomic E-state index is 0.652. The van der Waals surface area contributed by atoms with Crippen LogP contribution in [-0.4, -0.2) is 53.6 Å². The summed E-state index contributed by atoms with van der Waals surface area (Å²) in [7, 11) is 0. The molecule has 0 spiro atoms. The highest BCUT2D eigenvalue weighted by atomic mass is 32.1. The summed E-state index contributed by atoms with van der Waals surface area (Å²) in [4.78, 5) is 5.78. The highest BCUT2D eigenvalue weighted by molar-refractivity contribution is 7.80. The molecule has 0 bridgehead atoms. The van der Waals surface area contributed by atoms with Gasteiger partial charge < -0.3 is 10.6 Å². The Morgan fingerprint density at radius 2 is 2.21 bits per heavy atom. The Morgan fingerprint density at radius 1 is 1.36 bits per heavy atom. The van der Waals surface area contributed by atoms with Crippen LogP contribution < -0.4 is 5.73 Å². The molecule has 2 N–H and O–H groups in total. The van der Waals surface area contributed by atoms with Crippen LogP contribution in [0.5, 0.6) is 0 Å². The standard InChI is InChI=1S/C10H19N3S/c11-10(14)3-5-12-6-7-13-4-1-2-9(13)8-12/h9H,1-8H2,(H2,11,14). The Hall–Kier alpha value is -0.190. The van der Waals surface area contributed by atoms with Crippen LogP contribution in [0.1, 0.15) is 19.3 Å². The molecule has 0 aromatic carbocycles. The predicted molar refractivity (Wildman–Crippen MR) is 62.4 cm³/mol. The first-order valence-electron chi connectivity index (χ1n) is 5.50. The van der Waals surface area contributed by atoms with Crippen molar-refractivity contribution in [3.8, 4) is 0 Å². The molecule has 0 amide bonds. The molecular formula is C10H19N3S. The van der Waals surface area contributed by atoms with Gasteiger partial charge in [-0.3, -0.25) is 4.90 Å². The minimum Gasteiger partial charge on any atom is -0.393 e. The summed E-state index contributed by atoms with van der Waals surface area (Å²) in [5, 5.41) is 0. The molecule has 2 heterocycles. The first-order valence-corrected chi connectivity index (χ1v) is 5.91. The first kappa shape index (κ1) is 10.3. The van der Waals surface area contributed by atoms with Gasteiger partial charge in [0.15, 0.2) is 0 Å². The van der Waals surface area contributed by atoms with Gasteiger partial charge in [0.05, 0.1) is 4.99 Å². The molecule has 80 valence electrons. The van der Waals surface area contributed by atoms with Crippen LogP contribution in [0.15, 0.2) is 0 Å². The van der Waals surface area contributed by atoms with E-state index in [1.165, 1.54) is 39.0 Å². The molecule has 0 aromatic rings. The number of rotatable bonds is 3. The molecular weight excluding hydrogens is 194 g/mol. The van der Waals surface area contributed by atoms with Crippen molar-refractivity contribution >= 4 is 17.2 Å². The number of piperazine rings is 1. The summed E-state index contributed by atoms with van der Waals surface area (Å²) in [6.07, 6.45) is 3.64. The number of nitrogens with zero attached hydrogens (tertiary/aromatic N) is 2. The SMILES string of the molecule is NC(=S)CCN1CCN2CCCC2C1. The number of hydrogen-bond acceptors (Lipinski definition) is 3. The van der Waals surface area contributed by atoms with Crippen LogP contribution in [0.25, 0.3) is 0 Å². The third kappa shape index (κ3) is 2.43. The van der Waals surface area contributed by atoms with Crippen LogP contribution in [0, 0.1) is 0 Å². The normalized spacial score (nSPS) is 29.0. The molecule has 2 aliphatic rings. The zero-order valence-electron chi connectivity index (χ0n) is 8.61. The van der Waals surface area contributed by atoms with Gasteiger partial charge >= 0.3 is 0 Å². The lowest BCUT2D eigenvalue weighted by molar-refractivity contribution is 0.107. The maximum Gasteiger partial charge on any atom is 0.0740 e. The predicted octanol–water partition coefficient (Wildman–Crippen LogP) is 0.443. The van der Waals surface area contributed by atoms with Crippen LogP contribution in [0.4, 0.5) is 0 Å². The second-order valence-corrected chi connectivity index (χ2v) is 4.87. The molecule has 0 saturated carbocycles. The van der Waals surface area contributed by atoms with Gasteiger partial charge in [-0.2, -0.15) is 0 Å². The van der Waals surface area contributed by atoms with E-state index in [1.54, 1.807) is 0 Å². The van der Waals surface area contributed by atoms with Gasteiger partial charge in [-0.05, 0) is 19.4 Å². The Morgan fingerprint density at radius 3 is 3.00 bits per heavy atom. The lowest BCUT2D eigenvalue weighted by Crippen LogP contribution is -2.50. The number of fused-ring (bicyclic) bond motifs is 1. The fourth-order valence-corrected chi connectivity index (χ4v) is 2.62. The summed E-state index contributed by atoms with van der Waals surface area (Å²) in [6, 6.07) is 0.815. The fourth-order valence-electron chi connectivity index (χ4n) is 2.53. The highest BCUT2D eigenvalue weighted by Crippen LogP contribution is 2.21. The van der Waals surface area contributed by atoms with E-state index < -0.39 is 0 Å². The van der Waals surface area contributed by atoms with Gasteiger partial charge in [0.1, 0.15) is 0 Å². The van der Waals surface area contributed by atoms with Gasteiger partial charge in [-0.25, -0.2) is 0 Å². The number of thiocarbonyl (C=S) groups is 1. The van der Waals surface area contributed by atoms with Crippen LogP contribution in [0.2, 0.25) is 0 Å². The van der Waals surface area contributed by atoms with Crippen molar-refractivity contribution in [2.75, 3.05) is 32.7 Å². The molecule has 2 saturated heterocycles. The van der Waals surface area contributed by atoms with Crippen LogP contribution >= 0.6 is 12.2 Å². The molecule has 1 atom stereocenters. The van der Waals surface area contributed by atoms with Gasteiger partial charge in [-0.15, -0.1) is 0 Å². The van der Waals surface area contributed by atoms with E-state index >= 15 is 0 Å². The summed E-state index contributed by atoms with van der Waals surface area (Å²) < 4.78 is 0. The Bertz CT molecular complexity index is 219. The Kier molecular flexibility index (Phi) is 3.36. The zero-order valence-corrected chi connectivity index (χ0v) is 9.43. The number of hydrogen-bond donors (Lipinski definition) is 1. The van der Waals surface area contributed by atoms with Crippen molar-refractivity contribution in [3.05, 3.63) is 0 Å². The largest absolute Gasteiger partial charge is 0.393 e. The van der Waals surface area contributed by atoms with Gasteiger partial charge in [-0.1, -0.05) is 12.2 Å². The smallest absolute Gasteiger partial charge is 0.0740 e. The molecule has 0 aliphatic carbocycles. The number of nitrogens with two attached hydrogens (primary N) is 1. The monoisotopic (exact) mass is 213 g/mol. The summed E-state index contributed by atoms with van der Waals surface area (Å²) in [5.74, 6) is 0. The summed E-state index contributed by atoms with van der Waals surface area (Å²) in [6.45, 7) is 6.03. The van der Waals surface area contributed by atoms with Crippen molar-refractivity contribution in [1.29, 1.82) is 0 Å². The van der Waals surface area contributed by atoms with E-state index in [0.717, 1.165) is 19.0 Å². The van der Waals surface area contributed by atoms with Crippen molar-refractivity contribution < 1.29 is 0 Å². The van der Waals surface area contributed by atoms with E-state index in [1.807, 2.05) is 0 Å². The quantitative estimate of drug-likeness (QED) is 0.690. The average molecular weight is 213 g/mol. The highest BCUT2D eigenvalue weighted by Gasteiger charge is 2.29. The lowest BCUT2D eigenvalue weighted by Gasteiger charge is -2.37. The zero-order chi connectivity index (χ0) is 9.97. The summed E-state index contributed by atoms with van der Waals surface area (Å²) in [5.41, 5.74) is 5.51. The minimum atomic E-state index is 0.652. The average Bonchev–Trinajstić information content (AvgIpc) is 2.61. The van der Waals surface area contributed by atoms with Crippen LogP contribution in [-0.2, 0) is 0 Å². The van der Waals surface area contributed by atoms with Gasteiger partial charge in [0.25, 0.3) is 0 Å². The summed E-state index contributed by atoms with van der Waals surface area (Å²) >= 11 is 4.90. The second kappa shape index (κ2) is 4.55. The maximum absolute atomic E-state index is 5.51. The molecule has 2 aliphatic heterocycles. The molecule has 0 aromatic heterocycles. The van der Waals surface area contributed by atoms with E-state index in [-0.39, 0.29) is 0 Å². The van der Waals surface area contributed by atoms with E-state index in [9.17, 15) is 0 Å². The van der Waals surface area contributed by atoms with Crippen molar-refractivity contribution in [1.82, 2.24) is 9.80 Å². The molecule has 1 unspecified atom stereocenters. The Balaban J connectivity index is 1.77. The molecule has 2 rings (SSSR count). The molecule has 0 radical (unpaired) electrons. The third-order valence-corrected chi connectivity index (χ3v) is 3.55. The lowest BCUT2D eigenvalue weighted by atomic mass is 10.1. The first-order chi connectivity index (χ1) is 6.75. The Labute approximate surface area is 91.2 Å². The molecule has 4 heteroatoms. The van der Waals surface area contributed by atoms with Crippen molar-refractivity contribution in [2.45, 2.75) is 25.3 Å². The maximum atomic E-state index is 5.51. The van der Waals surface area contributed by atoms with Gasteiger partial charge in [0, 0.05) is 38.6 Å². The molecule has 3 nitrogen and oxygen atoms in total. The van der Waals surface area contributed by atoms with Gasteiger partial charge in [0.2, 0.25) is 0 Å². The fraction of sp³-hybridized carbons (Fsp3) is 0.900. The third-order valence-electron chi connectivity index (χ3n) is 3.35.